The van der Waals surface area contributed by atoms with Gasteiger partial charge in [0.1, 0.15) is 79.1 Å². The molecule has 30 heteroatoms. The van der Waals surface area contributed by atoms with Crippen molar-refractivity contribution < 1.29 is 46.8 Å². The van der Waals surface area contributed by atoms with Crippen LogP contribution in [0.25, 0.3) is 43.6 Å². The molecule has 0 bridgehead atoms. The van der Waals surface area contributed by atoms with E-state index in [1.165, 1.54) is 36.7 Å². The lowest BCUT2D eigenvalue weighted by Gasteiger charge is -2.35. The number of likely N-dealkylation sites (tertiary alicyclic amines) is 2. The normalized spacial score (nSPS) is 19.2. The molecule has 87 heavy (non-hydrogen) atoms. The Labute approximate surface area is 516 Å². The molecule has 0 spiro atoms. The van der Waals surface area contributed by atoms with Gasteiger partial charge >= 0.3 is 12.0 Å². The van der Waals surface area contributed by atoms with Crippen LogP contribution in [0.2, 0.25) is 20.4 Å². The zero-order chi connectivity index (χ0) is 61.2. The molecule has 2 amide bonds. The first-order valence-corrected chi connectivity index (χ1v) is 28.9. The van der Waals surface area contributed by atoms with Gasteiger partial charge in [0.25, 0.3) is 0 Å². The fraction of sp³-hybridized carbons (Fsp3) is 0.368. The van der Waals surface area contributed by atoms with Crippen molar-refractivity contribution in [2.45, 2.75) is 30.8 Å². The Bertz CT molecular complexity index is 3990. The Morgan fingerprint density at radius 3 is 1.49 bits per heavy atom. The Morgan fingerprint density at radius 1 is 0.632 bits per heavy atom. The van der Waals surface area contributed by atoms with Gasteiger partial charge in [-0.2, -0.15) is 40.1 Å². The van der Waals surface area contributed by atoms with Crippen LogP contribution in [0.15, 0.2) is 62.0 Å². The number of benzene rings is 2. The number of fused-ring (bicyclic) bond motifs is 4. The molecule has 4 aliphatic rings. The third kappa shape index (κ3) is 12.7. The van der Waals surface area contributed by atoms with Gasteiger partial charge in [-0.15, -0.1) is 12.3 Å². The minimum absolute atomic E-state index is 0.00457. The molecule has 4 saturated heterocycles. The van der Waals surface area contributed by atoms with Crippen molar-refractivity contribution in [1.82, 2.24) is 69.9 Å². The number of hydrogen-bond donors (Lipinski definition) is 2. The van der Waals surface area contributed by atoms with Gasteiger partial charge in [-0.3, -0.25) is 29.6 Å². The number of H-pyrrole nitrogens is 2. The quantitative estimate of drug-likeness (QED) is 0.0533. The molecule has 0 radical (unpaired) electrons. The van der Waals surface area contributed by atoms with E-state index in [1.807, 2.05) is 16.8 Å². The molecular formula is C57H56Cl4F2N16O8. The van der Waals surface area contributed by atoms with Gasteiger partial charge in [-0.05, 0) is 31.3 Å². The molecule has 0 saturated carbocycles. The summed E-state index contributed by atoms with van der Waals surface area (Å²) in [6.45, 7) is 14.1. The third-order valence-electron chi connectivity index (χ3n) is 15.3. The first-order chi connectivity index (χ1) is 42.0. The van der Waals surface area contributed by atoms with Gasteiger partial charge in [0.05, 0.1) is 45.0 Å². The number of nitrogens with zero attached hydrogens (tertiary/aromatic N) is 14. The molecule has 6 aromatic heterocycles. The zero-order valence-electron chi connectivity index (χ0n) is 47.1. The fourth-order valence-electron chi connectivity index (χ4n) is 10.8. The maximum absolute atomic E-state index is 14.8. The van der Waals surface area contributed by atoms with Crippen molar-refractivity contribution in [2.75, 3.05) is 116 Å². The summed E-state index contributed by atoms with van der Waals surface area (Å²) < 4.78 is 65.8. The minimum Gasteiger partial charge on any atom is -0.456 e. The van der Waals surface area contributed by atoms with E-state index in [2.05, 4.69) is 64.2 Å². The first-order valence-electron chi connectivity index (χ1n) is 27.3. The lowest BCUT2D eigenvalue weighted by molar-refractivity contribution is -0.127. The van der Waals surface area contributed by atoms with E-state index < -0.39 is 17.7 Å². The number of terminal acetylenes is 1. The Kier molecular flexibility index (Phi) is 18.2. The number of aromatic amines is 2. The highest BCUT2D eigenvalue weighted by Crippen LogP contribution is 2.44. The summed E-state index contributed by atoms with van der Waals surface area (Å²) in [6, 6.07) is 5.85. The van der Waals surface area contributed by atoms with Gasteiger partial charge in [-0.25, -0.2) is 8.78 Å². The molecule has 0 aliphatic carbocycles. The van der Waals surface area contributed by atoms with E-state index in [0.717, 1.165) is 0 Å². The molecule has 2 aromatic carbocycles. The molecule has 2 N–H and O–H groups in total. The number of anilines is 2. The summed E-state index contributed by atoms with van der Waals surface area (Å²) in [7, 11) is 5.23. The Balaban J connectivity index is 0.000000181. The van der Waals surface area contributed by atoms with E-state index >= 15 is 0 Å². The average molecular weight is 1270 g/mol. The second-order valence-electron chi connectivity index (χ2n) is 20.7. The highest BCUT2D eigenvalue weighted by Gasteiger charge is 2.37. The van der Waals surface area contributed by atoms with Gasteiger partial charge < -0.3 is 48.0 Å². The predicted molar refractivity (Wildman–Crippen MR) is 323 cm³/mol. The van der Waals surface area contributed by atoms with Crippen LogP contribution in [0.5, 0.6) is 35.3 Å². The van der Waals surface area contributed by atoms with Gasteiger partial charge in [0, 0.05) is 118 Å². The number of carbonyl (C=O) groups excluding carboxylic acids is 2. The summed E-state index contributed by atoms with van der Waals surface area (Å²) in [6.07, 6.45) is 10.4. The SMILES string of the molecule is C#CCCN1C[C@@H](OC)[C@H](Oc2nc(N3CCN(C(=O)C=C)CC3)c3cc(Cl)nc(Oc4c(Cl)c(F)cc5[nH]ncc45)c3n2)C1.C=CC(=O)N1CCN(c2nc(O[C@@H]3CN(C)C[C@H]3OC)nc3c(Oc4c(Cl)c(F)cc5[nH]ncc45)nc(Cl)cc23)CC1. The highest BCUT2D eigenvalue weighted by atomic mass is 35.5. The summed E-state index contributed by atoms with van der Waals surface area (Å²) in [5, 5.41) is 15.0. The van der Waals surface area contributed by atoms with Crippen LogP contribution in [0.4, 0.5) is 20.4 Å². The number of pyridine rings is 2. The van der Waals surface area contributed by atoms with Crippen LogP contribution in [0.1, 0.15) is 6.42 Å². The number of hydrogen-bond acceptors (Lipinski definition) is 20. The van der Waals surface area contributed by atoms with Crippen molar-refractivity contribution in [3.8, 4) is 47.6 Å². The standard InChI is InChI=1S/C30H29Cl2FN8O4.C27H27Cl2FN8O4/c1-4-6-7-39-15-21(43-3)22(16-39)44-30-36-26-17(28(37-30)41-10-8-40(9-11-41)24(42)5-2)12-23(31)35-29(26)45-27-18-14-34-38-20(18)13-19(33)25(27)32;1-4-21(39)37-5-7-38(8-6-37)25-14-9-20(28)32-26(42-24-15-11-31-35-17(15)10-16(30)22(24)29)23(14)33-27(34-25)41-19-13-36(2)12-18(19)40-3/h1,5,12-14,21-22H,2,6-11,15-16H2,3H3,(H,34,38);4,9-11,18-19H,1,5-8,12-13H2,2-3H3,(H,31,35)/t21-,22-;18-,19-/m11/s1. The topological polar surface area (TPSA) is 244 Å². The van der Waals surface area contributed by atoms with Crippen molar-refractivity contribution >= 4 is 113 Å². The van der Waals surface area contributed by atoms with Gasteiger partial charge in [-0.1, -0.05) is 59.6 Å². The number of halogens is 6. The number of carbonyl (C=O) groups is 2. The Morgan fingerprint density at radius 2 is 1.06 bits per heavy atom. The smallest absolute Gasteiger partial charge is 0.319 e. The number of piperazine rings is 2. The number of likely N-dealkylation sites (N-methyl/N-ethyl adjacent to an activating group) is 1. The van der Waals surface area contributed by atoms with E-state index in [0.29, 0.717) is 136 Å². The van der Waals surface area contributed by atoms with Crippen molar-refractivity contribution in [1.29, 1.82) is 0 Å². The monoisotopic (exact) mass is 1270 g/mol. The minimum atomic E-state index is -0.706. The lowest BCUT2D eigenvalue weighted by Crippen LogP contribution is -2.48. The summed E-state index contributed by atoms with van der Waals surface area (Å²) >= 11 is 25.7. The van der Waals surface area contributed by atoms with Crippen LogP contribution in [-0.2, 0) is 19.1 Å². The molecule has 454 valence electrons. The zero-order valence-corrected chi connectivity index (χ0v) is 50.1. The molecule has 0 unspecified atom stereocenters. The maximum atomic E-state index is 14.8. The molecule has 12 rings (SSSR count). The highest BCUT2D eigenvalue weighted by molar-refractivity contribution is 6.34. The van der Waals surface area contributed by atoms with E-state index in [9.17, 15) is 18.4 Å². The Hall–Kier alpha value is -8.00. The maximum Gasteiger partial charge on any atom is 0.319 e. The molecule has 4 atom stereocenters. The second kappa shape index (κ2) is 26.1. The van der Waals surface area contributed by atoms with E-state index in [-0.39, 0.29) is 96.8 Å². The second-order valence-corrected chi connectivity index (χ2v) is 22.2. The molecule has 24 nitrogen and oxygen atoms in total. The molecule has 10 heterocycles. The summed E-state index contributed by atoms with van der Waals surface area (Å²) in [5.41, 5.74) is 1.31. The largest absolute Gasteiger partial charge is 0.456 e. The van der Waals surface area contributed by atoms with Crippen LogP contribution in [0.3, 0.4) is 0 Å². The third-order valence-corrected chi connectivity index (χ3v) is 16.3. The van der Waals surface area contributed by atoms with Gasteiger partial charge in [0.15, 0.2) is 11.5 Å². The number of nitrogens with one attached hydrogen (secondary N) is 2. The van der Waals surface area contributed by atoms with Crippen LogP contribution in [0, 0.1) is 24.0 Å². The molecule has 8 aromatic rings. The molecular weight excluding hydrogens is 1220 g/mol. The van der Waals surface area contributed by atoms with Crippen LogP contribution >= 0.6 is 46.4 Å². The number of rotatable bonds is 16. The van der Waals surface area contributed by atoms with Crippen LogP contribution < -0.4 is 28.7 Å². The van der Waals surface area contributed by atoms with E-state index in [1.54, 1.807) is 36.2 Å². The lowest BCUT2D eigenvalue weighted by atomic mass is 10.2. The molecule has 4 fully saturated rings. The van der Waals surface area contributed by atoms with Gasteiger partial charge in [0.2, 0.25) is 23.6 Å². The predicted octanol–water partition coefficient (Wildman–Crippen LogP) is 7.76. The first kappa shape index (κ1) is 60.7. The number of aromatic nitrogens is 10. The summed E-state index contributed by atoms with van der Waals surface area (Å²) in [5.74, 6) is 1.95. The molecule has 4 aliphatic heterocycles. The number of methoxy groups -OCH3 is 2. The fourth-order valence-corrected chi connectivity index (χ4v) is 11.6. The van der Waals surface area contributed by atoms with Crippen molar-refractivity contribution in [2.24, 2.45) is 0 Å². The summed E-state index contributed by atoms with van der Waals surface area (Å²) in [4.78, 5) is 63.9. The number of amides is 2. The average Bonchev–Trinajstić information content (AvgIpc) is 1.91. The number of ether oxygens (including phenoxy) is 6. The van der Waals surface area contributed by atoms with E-state index in [4.69, 9.17) is 96.2 Å². The van der Waals surface area contributed by atoms with Crippen molar-refractivity contribution in [3.05, 3.63) is 94.0 Å². The van der Waals surface area contributed by atoms with Crippen molar-refractivity contribution in [3.63, 3.8) is 0 Å². The van der Waals surface area contributed by atoms with Crippen LogP contribution in [-0.4, -0.2) is 212 Å².